The number of para-hydroxylation sites is 6. The number of rotatable bonds is 8. The minimum absolute atomic E-state index is 0. The largest absolute Gasteiger partial charge is 0.311 e. The highest BCUT2D eigenvalue weighted by atomic mass is 32.2. The molecule has 0 atom stereocenters. The van der Waals surface area contributed by atoms with Gasteiger partial charge in [-0.05, 0) is 159 Å². The summed E-state index contributed by atoms with van der Waals surface area (Å²) in [4.78, 5) is 12.5. The van der Waals surface area contributed by atoms with Crippen LogP contribution in [0.2, 0.25) is 0 Å². The first-order valence-electron chi connectivity index (χ1n) is 25.3. The van der Waals surface area contributed by atoms with Gasteiger partial charge >= 0.3 is 0 Å². The van der Waals surface area contributed by atoms with E-state index in [0.717, 1.165) is 45.5 Å². The van der Waals surface area contributed by atoms with Crippen molar-refractivity contribution in [3.8, 4) is 22.3 Å². The lowest BCUT2D eigenvalue weighted by molar-refractivity contribution is 1.24. The van der Waals surface area contributed by atoms with Crippen LogP contribution in [0.1, 0.15) is 7.43 Å². The second-order valence-corrected chi connectivity index (χ2v) is 21.5. The Hall–Kier alpha value is -8.55. The van der Waals surface area contributed by atoms with E-state index in [4.69, 9.17) is 0 Å². The van der Waals surface area contributed by atoms with Crippen LogP contribution in [0.15, 0.2) is 277 Å². The average Bonchev–Trinajstić information content (AvgIpc) is 3.48. The van der Waals surface area contributed by atoms with E-state index >= 15 is 0 Å². The predicted octanol–water partition coefficient (Wildman–Crippen LogP) is 16.6. The smallest absolute Gasteiger partial charge is 0.285 e. The van der Waals surface area contributed by atoms with Crippen LogP contribution in [0.4, 0.5) is 68.2 Å². The Morgan fingerprint density at radius 2 is 0.600 bits per heavy atom. The second kappa shape index (κ2) is 18.4. The Kier molecular flexibility index (Phi) is 11.1. The van der Waals surface area contributed by atoms with Crippen LogP contribution in [-0.4, -0.2) is 12.0 Å². The summed E-state index contributed by atoms with van der Waals surface area (Å²) in [6.45, 7) is 0. The first kappa shape index (κ1) is 45.1. The van der Waals surface area contributed by atoms with Gasteiger partial charge in [-0.3, -0.25) is 0 Å². The lowest BCUT2D eigenvalue weighted by Gasteiger charge is -2.44. The number of hydrogen-bond donors (Lipinski definition) is 0. The van der Waals surface area contributed by atoms with E-state index in [0.29, 0.717) is 0 Å². The van der Waals surface area contributed by atoms with E-state index in [1.807, 2.05) is 23.2 Å². The van der Waals surface area contributed by atoms with E-state index < -0.39 is 0 Å². The summed E-state index contributed by atoms with van der Waals surface area (Å²) in [6.07, 6.45) is 0. The van der Waals surface area contributed by atoms with Crippen molar-refractivity contribution in [3.63, 3.8) is 0 Å². The molecule has 0 bridgehead atoms. The van der Waals surface area contributed by atoms with Crippen molar-refractivity contribution in [1.82, 2.24) is 0 Å². The van der Waals surface area contributed by atoms with Gasteiger partial charge in [0.1, 0.15) is 0 Å². The maximum absolute atomic E-state index is 2.61. The lowest BCUT2D eigenvalue weighted by atomic mass is 9.51. The molecule has 0 aromatic heterocycles. The van der Waals surface area contributed by atoms with E-state index in [2.05, 4.69) is 287 Å². The highest BCUT2D eigenvalue weighted by Crippen LogP contribution is 2.53. The third kappa shape index (κ3) is 7.34. The molecular weight excluding hydrogens is 947 g/mol. The Morgan fingerprint density at radius 1 is 0.280 bits per heavy atom. The fourth-order valence-corrected chi connectivity index (χ4v) is 14.7. The average molecular weight is 995 g/mol. The summed E-state index contributed by atoms with van der Waals surface area (Å²) in [5.74, 6) is 0.0661. The zero-order valence-electron chi connectivity index (χ0n) is 40.2. The van der Waals surface area contributed by atoms with Crippen molar-refractivity contribution in [2.45, 2.75) is 17.2 Å². The summed E-state index contributed by atoms with van der Waals surface area (Å²) >= 11 is 3.99. The number of fused-ring (bicyclic) bond motifs is 8. The van der Waals surface area contributed by atoms with Crippen molar-refractivity contribution < 1.29 is 0 Å². The second-order valence-electron chi connectivity index (χ2n) is 19.2. The third-order valence-electron chi connectivity index (χ3n) is 15.0. The summed E-state index contributed by atoms with van der Waals surface area (Å²) in [7, 11) is 0. The minimum Gasteiger partial charge on any atom is -0.311 e. The summed E-state index contributed by atoms with van der Waals surface area (Å²) in [6, 6.07) is 98.3. The van der Waals surface area contributed by atoms with E-state index in [-0.39, 0.29) is 19.4 Å². The molecule has 0 amide bonds. The molecular formula is C67H48B2N4S2. The molecule has 0 N–H and O–H groups in total. The van der Waals surface area contributed by atoms with Crippen LogP contribution in [0.3, 0.4) is 0 Å². The SMILES string of the molecule is C.c1ccc(N(c2ccccc2)c2cc3c4c(c2)N(c2ccccc2)c2cc5c(cc2B4Sc2ccccc2-3)B2Sc3ccccc3-c3cc(N(c4ccccc4)c4ccccc4)cc(c32)N5c2ccccc2)cc1. The monoisotopic (exact) mass is 994 g/mol. The van der Waals surface area contributed by atoms with Gasteiger partial charge in [0.2, 0.25) is 0 Å². The van der Waals surface area contributed by atoms with Crippen molar-refractivity contribution in [2.24, 2.45) is 0 Å². The van der Waals surface area contributed by atoms with E-state index in [1.165, 1.54) is 76.6 Å². The third-order valence-corrected chi connectivity index (χ3v) is 17.6. The highest BCUT2D eigenvalue weighted by Gasteiger charge is 2.46. The number of nitrogens with zero attached hydrogens (tertiary/aromatic N) is 4. The molecule has 0 radical (unpaired) electrons. The van der Waals surface area contributed by atoms with Crippen LogP contribution in [0.5, 0.6) is 0 Å². The molecule has 4 heterocycles. The van der Waals surface area contributed by atoms with Gasteiger partial charge in [-0.15, -0.1) is 0 Å². The molecule has 0 fully saturated rings. The Balaban J connectivity index is 0.00000516. The molecule has 11 aromatic carbocycles. The van der Waals surface area contributed by atoms with Gasteiger partial charge in [0.05, 0.1) is 0 Å². The number of benzene rings is 11. The fraction of sp³-hybridized carbons (Fsp3) is 0.0149. The molecule has 4 aliphatic heterocycles. The predicted molar refractivity (Wildman–Crippen MR) is 325 cm³/mol. The zero-order chi connectivity index (χ0) is 48.7. The van der Waals surface area contributed by atoms with Crippen LogP contribution >= 0.6 is 23.2 Å². The molecule has 4 aliphatic rings. The molecule has 0 saturated heterocycles. The van der Waals surface area contributed by atoms with Gasteiger partial charge in [-0.2, -0.15) is 23.2 Å². The molecule has 4 nitrogen and oxygen atoms in total. The standard InChI is InChI=1S/C66H44B2N4S2.CH4/c1-7-23-45(24-8-1)69(46-25-9-2-10-26-46)51-39-55-53-35-19-21-37-63(53)73-67-57-43-58-60(44-59(57)71(61(41-51)65(55)67)49-31-15-5-16-32-49)72(50-33-17-6-18-34-50)62-42-52(40-56-54-36-20-22-38-64(54)74-68(58)66(56)62)70(47-27-11-3-12-28-47)48-29-13-4-14-30-48;/h1-44H;1H4. The van der Waals surface area contributed by atoms with Crippen molar-refractivity contribution in [3.05, 3.63) is 267 Å². The normalized spacial score (nSPS) is 13.0. The zero-order valence-corrected chi connectivity index (χ0v) is 41.8. The van der Waals surface area contributed by atoms with Gasteiger partial charge in [0, 0.05) is 78.0 Å². The summed E-state index contributed by atoms with van der Waals surface area (Å²) < 4.78 is 0. The quantitative estimate of drug-likeness (QED) is 0.140. The summed E-state index contributed by atoms with van der Waals surface area (Å²) in [5, 5.41) is 0. The maximum Gasteiger partial charge on any atom is 0.285 e. The van der Waals surface area contributed by atoms with E-state index in [1.54, 1.807) is 0 Å². The molecule has 8 heteroatoms. The molecule has 0 unspecified atom stereocenters. The number of anilines is 12. The molecule has 0 aliphatic carbocycles. The molecule has 15 rings (SSSR count). The maximum atomic E-state index is 2.61. The molecule has 354 valence electrons. The first-order valence-corrected chi connectivity index (χ1v) is 27.1. The van der Waals surface area contributed by atoms with E-state index in [9.17, 15) is 0 Å². The van der Waals surface area contributed by atoms with Gasteiger partial charge in [0.25, 0.3) is 12.0 Å². The van der Waals surface area contributed by atoms with Crippen LogP contribution in [0.25, 0.3) is 22.3 Å². The van der Waals surface area contributed by atoms with Crippen LogP contribution in [-0.2, 0) is 0 Å². The Bertz CT molecular complexity index is 3610. The van der Waals surface area contributed by atoms with Gasteiger partial charge in [0.15, 0.2) is 0 Å². The fourth-order valence-electron chi connectivity index (χ4n) is 11.9. The van der Waals surface area contributed by atoms with Crippen molar-refractivity contribution >= 4 is 125 Å². The molecule has 11 aromatic rings. The highest BCUT2D eigenvalue weighted by molar-refractivity contribution is 8.29. The minimum atomic E-state index is 0. The lowest BCUT2D eigenvalue weighted by Crippen LogP contribution is -2.55. The summed E-state index contributed by atoms with van der Waals surface area (Å²) in [5.41, 5.74) is 24.1. The number of hydrogen-bond acceptors (Lipinski definition) is 6. The molecule has 0 saturated carbocycles. The van der Waals surface area contributed by atoms with Crippen molar-refractivity contribution in [1.29, 1.82) is 0 Å². The van der Waals surface area contributed by atoms with Gasteiger partial charge in [-0.1, -0.05) is 159 Å². The van der Waals surface area contributed by atoms with Crippen LogP contribution in [0, 0.1) is 0 Å². The van der Waals surface area contributed by atoms with Gasteiger partial charge < -0.3 is 19.6 Å². The van der Waals surface area contributed by atoms with Crippen LogP contribution < -0.4 is 41.5 Å². The van der Waals surface area contributed by atoms with Gasteiger partial charge in [-0.25, -0.2) is 0 Å². The topological polar surface area (TPSA) is 13.0 Å². The van der Waals surface area contributed by atoms with Crippen molar-refractivity contribution in [2.75, 3.05) is 19.6 Å². The first-order chi connectivity index (χ1) is 36.7. The Labute approximate surface area is 448 Å². The molecule has 75 heavy (non-hydrogen) atoms. The Morgan fingerprint density at radius 3 is 0.960 bits per heavy atom. The molecule has 0 spiro atoms.